The predicted octanol–water partition coefficient (Wildman–Crippen LogP) is 2.23. The average molecular weight is 267 g/mol. The van der Waals surface area contributed by atoms with E-state index < -0.39 is 0 Å². The zero-order valence-corrected chi connectivity index (χ0v) is 12.0. The Morgan fingerprint density at radius 3 is 2.74 bits per heavy atom. The number of rotatable bonds is 11. The van der Waals surface area contributed by atoms with E-state index in [2.05, 4.69) is 11.4 Å². The summed E-state index contributed by atoms with van der Waals surface area (Å²) in [6, 6.07) is 8.10. The first-order valence-electron chi connectivity index (χ1n) is 6.86. The molecule has 4 nitrogen and oxygen atoms in total. The van der Waals surface area contributed by atoms with Crippen molar-refractivity contribution in [3.63, 3.8) is 0 Å². The van der Waals surface area contributed by atoms with E-state index in [1.807, 2.05) is 25.1 Å². The number of hydrogen-bond donors (Lipinski definition) is 1. The van der Waals surface area contributed by atoms with Crippen LogP contribution >= 0.6 is 0 Å². The second kappa shape index (κ2) is 10.8. The largest absolute Gasteiger partial charge is 0.491 e. The quantitative estimate of drug-likeness (QED) is 0.624. The molecular formula is C15H25NO3. The van der Waals surface area contributed by atoms with Gasteiger partial charge in [-0.3, -0.25) is 0 Å². The van der Waals surface area contributed by atoms with Crippen molar-refractivity contribution in [2.24, 2.45) is 0 Å². The minimum atomic E-state index is 0.592. The Balaban J connectivity index is 2.31. The molecule has 1 rings (SSSR count). The van der Waals surface area contributed by atoms with Crippen LogP contribution in [0.15, 0.2) is 24.3 Å². The van der Waals surface area contributed by atoms with Crippen molar-refractivity contribution in [1.29, 1.82) is 0 Å². The van der Waals surface area contributed by atoms with Gasteiger partial charge in [0.25, 0.3) is 0 Å². The fourth-order valence-electron chi connectivity index (χ4n) is 1.71. The third kappa shape index (κ3) is 7.15. The Morgan fingerprint density at radius 1 is 1.11 bits per heavy atom. The van der Waals surface area contributed by atoms with E-state index in [0.717, 1.165) is 38.5 Å². The molecule has 0 atom stereocenters. The topological polar surface area (TPSA) is 39.7 Å². The molecular weight excluding hydrogens is 242 g/mol. The fraction of sp³-hybridized carbons (Fsp3) is 0.600. The van der Waals surface area contributed by atoms with Crippen molar-refractivity contribution in [2.45, 2.75) is 19.9 Å². The van der Waals surface area contributed by atoms with Crippen molar-refractivity contribution in [3.8, 4) is 5.75 Å². The van der Waals surface area contributed by atoms with Gasteiger partial charge in [-0.25, -0.2) is 0 Å². The lowest BCUT2D eigenvalue weighted by atomic mass is 10.2. The van der Waals surface area contributed by atoms with Crippen LogP contribution in [0.3, 0.4) is 0 Å². The minimum Gasteiger partial charge on any atom is -0.491 e. The molecule has 0 saturated heterocycles. The summed E-state index contributed by atoms with van der Waals surface area (Å²) in [5.74, 6) is 0.932. The third-order valence-electron chi connectivity index (χ3n) is 2.68. The van der Waals surface area contributed by atoms with E-state index in [1.54, 1.807) is 7.11 Å². The molecule has 0 radical (unpaired) electrons. The van der Waals surface area contributed by atoms with Crippen LogP contribution in [0.1, 0.15) is 18.9 Å². The van der Waals surface area contributed by atoms with Gasteiger partial charge in [-0.1, -0.05) is 18.2 Å². The molecule has 19 heavy (non-hydrogen) atoms. The van der Waals surface area contributed by atoms with Gasteiger partial charge in [0.2, 0.25) is 0 Å². The van der Waals surface area contributed by atoms with Gasteiger partial charge in [-0.05, 0) is 26.0 Å². The fourth-order valence-corrected chi connectivity index (χ4v) is 1.71. The number of nitrogens with one attached hydrogen (secondary N) is 1. The van der Waals surface area contributed by atoms with E-state index in [0.29, 0.717) is 13.2 Å². The number of hydrogen-bond acceptors (Lipinski definition) is 4. The lowest BCUT2D eigenvalue weighted by Crippen LogP contribution is -2.17. The van der Waals surface area contributed by atoms with Gasteiger partial charge in [-0.2, -0.15) is 0 Å². The van der Waals surface area contributed by atoms with Crippen molar-refractivity contribution < 1.29 is 14.2 Å². The molecule has 0 heterocycles. The first-order chi connectivity index (χ1) is 9.38. The standard InChI is InChI=1S/C15H25NO3/c1-3-18-11-12-19-15-8-5-4-7-14(15)13-16-9-6-10-17-2/h4-5,7-8,16H,3,6,9-13H2,1-2H3. The highest BCUT2D eigenvalue weighted by Crippen LogP contribution is 2.17. The molecule has 0 amide bonds. The smallest absolute Gasteiger partial charge is 0.123 e. The van der Waals surface area contributed by atoms with Crippen LogP contribution < -0.4 is 10.1 Å². The predicted molar refractivity (Wildman–Crippen MR) is 76.6 cm³/mol. The van der Waals surface area contributed by atoms with E-state index in [1.165, 1.54) is 5.56 Å². The zero-order valence-electron chi connectivity index (χ0n) is 12.0. The molecule has 1 aromatic rings. The Labute approximate surface area is 116 Å². The van der Waals surface area contributed by atoms with Crippen LogP contribution in [0.4, 0.5) is 0 Å². The average Bonchev–Trinajstić information content (AvgIpc) is 2.45. The number of ether oxygens (including phenoxy) is 3. The second-order valence-corrected chi connectivity index (χ2v) is 4.18. The highest BCUT2D eigenvalue weighted by Gasteiger charge is 2.02. The van der Waals surface area contributed by atoms with Crippen molar-refractivity contribution >= 4 is 0 Å². The molecule has 0 bridgehead atoms. The lowest BCUT2D eigenvalue weighted by Gasteiger charge is -2.12. The Hall–Kier alpha value is -1.10. The van der Waals surface area contributed by atoms with E-state index in [-0.39, 0.29) is 0 Å². The van der Waals surface area contributed by atoms with Gasteiger partial charge in [0.05, 0.1) is 6.61 Å². The summed E-state index contributed by atoms with van der Waals surface area (Å²) < 4.78 is 16.0. The van der Waals surface area contributed by atoms with E-state index >= 15 is 0 Å². The SMILES string of the molecule is CCOCCOc1ccccc1CNCCCOC. The van der Waals surface area contributed by atoms with Gasteiger partial charge in [0.1, 0.15) is 12.4 Å². The monoisotopic (exact) mass is 267 g/mol. The van der Waals surface area contributed by atoms with Crippen LogP contribution in [0.5, 0.6) is 5.75 Å². The molecule has 0 fully saturated rings. The molecule has 0 aliphatic rings. The minimum absolute atomic E-state index is 0.592. The first-order valence-corrected chi connectivity index (χ1v) is 6.86. The van der Waals surface area contributed by atoms with Gasteiger partial charge >= 0.3 is 0 Å². The molecule has 108 valence electrons. The summed E-state index contributed by atoms with van der Waals surface area (Å²) >= 11 is 0. The van der Waals surface area contributed by atoms with Crippen LogP contribution in [-0.4, -0.2) is 40.1 Å². The molecule has 0 unspecified atom stereocenters. The zero-order chi connectivity index (χ0) is 13.8. The maximum Gasteiger partial charge on any atom is 0.123 e. The second-order valence-electron chi connectivity index (χ2n) is 4.18. The molecule has 0 spiro atoms. The van der Waals surface area contributed by atoms with Gasteiger partial charge in [-0.15, -0.1) is 0 Å². The van der Waals surface area contributed by atoms with Crippen LogP contribution in [-0.2, 0) is 16.0 Å². The number of benzene rings is 1. The Kier molecular flexibility index (Phi) is 9.06. The van der Waals surface area contributed by atoms with E-state index in [9.17, 15) is 0 Å². The van der Waals surface area contributed by atoms with Crippen LogP contribution in [0.2, 0.25) is 0 Å². The van der Waals surface area contributed by atoms with Crippen LogP contribution in [0, 0.1) is 0 Å². The van der Waals surface area contributed by atoms with Gasteiger partial charge in [0, 0.05) is 32.4 Å². The van der Waals surface area contributed by atoms with Crippen LogP contribution in [0.25, 0.3) is 0 Å². The molecule has 0 aliphatic carbocycles. The maximum absolute atomic E-state index is 5.73. The van der Waals surface area contributed by atoms with E-state index in [4.69, 9.17) is 14.2 Å². The summed E-state index contributed by atoms with van der Waals surface area (Å²) in [5, 5.41) is 3.39. The lowest BCUT2D eigenvalue weighted by molar-refractivity contribution is 0.110. The molecule has 0 aliphatic heterocycles. The molecule has 4 heteroatoms. The molecule has 1 aromatic carbocycles. The van der Waals surface area contributed by atoms with Crippen molar-refractivity contribution in [1.82, 2.24) is 5.32 Å². The number of methoxy groups -OCH3 is 1. The Morgan fingerprint density at radius 2 is 1.95 bits per heavy atom. The molecule has 0 aromatic heterocycles. The highest BCUT2D eigenvalue weighted by atomic mass is 16.5. The summed E-state index contributed by atoms with van der Waals surface area (Å²) in [5.41, 5.74) is 1.18. The molecule has 1 N–H and O–H groups in total. The molecule has 0 saturated carbocycles. The summed E-state index contributed by atoms with van der Waals surface area (Å²) in [6.45, 7) is 6.49. The van der Waals surface area contributed by atoms with Gasteiger partial charge < -0.3 is 19.5 Å². The summed E-state index contributed by atoms with van der Waals surface area (Å²) in [6.07, 6.45) is 1.02. The first kappa shape index (κ1) is 16.0. The highest BCUT2D eigenvalue weighted by molar-refractivity contribution is 5.33. The maximum atomic E-state index is 5.73. The van der Waals surface area contributed by atoms with Gasteiger partial charge in [0.15, 0.2) is 0 Å². The third-order valence-corrected chi connectivity index (χ3v) is 2.68. The summed E-state index contributed by atoms with van der Waals surface area (Å²) in [4.78, 5) is 0. The van der Waals surface area contributed by atoms with Crippen molar-refractivity contribution in [3.05, 3.63) is 29.8 Å². The summed E-state index contributed by atoms with van der Waals surface area (Å²) in [7, 11) is 1.72. The number of para-hydroxylation sites is 1. The normalized spacial score (nSPS) is 10.6. The Bertz CT molecular complexity index is 331. The van der Waals surface area contributed by atoms with Crippen molar-refractivity contribution in [2.75, 3.05) is 40.1 Å².